The van der Waals surface area contributed by atoms with Crippen molar-refractivity contribution >= 4 is 5.82 Å². The molecule has 0 unspecified atom stereocenters. The molecule has 0 fully saturated rings. The third-order valence-electron chi connectivity index (χ3n) is 3.05. The molecular formula is C12H24N4O. The Morgan fingerprint density at radius 2 is 2.06 bits per heavy atom. The van der Waals surface area contributed by atoms with Gasteiger partial charge in [0.1, 0.15) is 5.82 Å². The Labute approximate surface area is 103 Å². The lowest BCUT2D eigenvalue weighted by molar-refractivity contribution is 0.294. The fourth-order valence-electron chi connectivity index (χ4n) is 2.17. The summed E-state index contributed by atoms with van der Waals surface area (Å²) in [4.78, 5) is 2.22. The lowest BCUT2D eigenvalue weighted by atomic mass is 10.1. The molecule has 1 aromatic rings. The Hall–Kier alpha value is -1.10. The van der Waals surface area contributed by atoms with E-state index in [0.29, 0.717) is 12.6 Å². The van der Waals surface area contributed by atoms with Gasteiger partial charge in [0, 0.05) is 19.1 Å². The van der Waals surface area contributed by atoms with Crippen molar-refractivity contribution in [2.45, 2.75) is 52.6 Å². The van der Waals surface area contributed by atoms with Gasteiger partial charge in [-0.05, 0) is 19.3 Å². The van der Waals surface area contributed by atoms with Gasteiger partial charge in [-0.25, -0.2) is 4.68 Å². The van der Waals surface area contributed by atoms with Gasteiger partial charge in [0.05, 0.1) is 12.8 Å². The first-order valence-electron chi connectivity index (χ1n) is 6.54. The first kappa shape index (κ1) is 14.0. The SMILES string of the molecule is CCCn1nncc1N(CCO)C(CC)CC. The van der Waals surface area contributed by atoms with E-state index in [-0.39, 0.29) is 6.61 Å². The molecule has 0 saturated heterocycles. The van der Waals surface area contributed by atoms with Crippen molar-refractivity contribution in [1.29, 1.82) is 0 Å². The third-order valence-corrected chi connectivity index (χ3v) is 3.05. The first-order valence-corrected chi connectivity index (χ1v) is 6.54. The van der Waals surface area contributed by atoms with E-state index < -0.39 is 0 Å². The van der Waals surface area contributed by atoms with Crippen molar-refractivity contribution in [3.05, 3.63) is 6.20 Å². The van der Waals surface area contributed by atoms with Crippen LogP contribution in [0.25, 0.3) is 0 Å². The Morgan fingerprint density at radius 1 is 1.35 bits per heavy atom. The summed E-state index contributed by atoms with van der Waals surface area (Å²) in [6, 6.07) is 0.441. The number of rotatable bonds is 8. The van der Waals surface area contributed by atoms with Crippen LogP contribution in [0.4, 0.5) is 5.82 Å². The lowest BCUT2D eigenvalue weighted by Crippen LogP contribution is -2.38. The van der Waals surface area contributed by atoms with Crippen LogP contribution in [0.15, 0.2) is 6.20 Å². The molecule has 0 amide bonds. The Morgan fingerprint density at radius 3 is 2.59 bits per heavy atom. The van der Waals surface area contributed by atoms with Crippen LogP contribution in [0, 0.1) is 0 Å². The molecule has 0 aliphatic rings. The summed E-state index contributed by atoms with van der Waals surface area (Å²) >= 11 is 0. The number of hydrogen-bond acceptors (Lipinski definition) is 4. The van der Waals surface area contributed by atoms with Crippen molar-refractivity contribution in [3.8, 4) is 0 Å². The van der Waals surface area contributed by atoms with Crippen molar-refractivity contribution < 1.29 is 5.11 Å². The number of aryl methyl sites for hydroxylation is 1. The van der Waals surface area contributed by atoms with Crippen LogP contribution in [0.5, 0.6) is 0 Å². The minimum atomic E-state index is 0.161. The molecule has 0 saturated carbocycles. The molecule has 5 heteroatoms. The van der Waals surface area contributed by atoms with Crippen molar-refractivity contribution in [2.75, 3.05) is 18.1 Å². The second-order valence-corrected chi connectivity index (χ2v) is 4.20. The molecule has 0 bridgehead atoms. The van der Waals surface area contributed by atoms with E-state index in [4.69, 9.17) is 0 Å². The van der Waals surface area contributed by atoms with Crippen LogP contribution in [0.1, 0.15) is 40.0 Å². The van der Waals surface area contributed by atoms with Crippen LogP contribution < -0.4 is 4.90 Å². The maximum atomic E-state index is 9.20. The summed E-state index contributed by atoms with van der Waals surface area (Å²) in [6.07, 6.45) is 4.96. The van der Waals surface area contributed by atoms with Crippen molar-refractivity contribution in [2.24, 2.45) is 0 Å². The highest BCUT2D eigenvalue weighted by Gasteiger charge is 2.19. The number of aromatic nitrogens is 3. The number of hydrogen-bond donors (Lipinski definition) is 1. The largest absolute Gasteiger partial charge is 0.395 e. The highest BCUT2D eigenvalue weighted by atomic mass is 16.3. The molecule has 17 heavy (non-hydrogen) atoms. The van der Waals surface area contributed by atoms with E-state index in [0.717, 1.165) is 31.6 Å². The van der Waals surface area contributed by atoms with Crippen LogP contribution in [-0.2, 0) is 6.54 Å². The Bertz CT molecular complexity index is 309. The van der Waals surface area contributed by atoms with E-state index in [9.17, 15) is 5.11 Å². The predicted molar refractivity (Wildman–Crippen MR) is 69.1 cm³/mol. The fraction of sp³-hybridized carbons (Fsp3) is 0.833. The molecule has 1 heterocycles. The number of aliphatic hydroxyl groups is 1. The summed E-state index contributed by atoms with van der Waals surface area (Å²) in [7, 11) is 0. The highest BCUT2D eigenvalue weighted by Crippen LogP contribution is 2.19. The molecule has 1 rings (SSSR count). The van der Waals surface area contributed by atoms with Gasteiger partial charge in [-0.1, -0.05) is 26.0 Å². The van der Waals surface area contributed by atoms with Gasteiger partial charge in [-0.2, -0.15) is 0 Å². The van der Waals surface area contributed by atoms with Crippen molar-refractivity contribution in [3.63, 3.8) is 0 Å². The smallest absolute Gasteiger partial charge is 0.147 e. The van der Waals surface area contributed by atoms with Gasteiger partial charge in [-0.15, -0.1) is 5.10 Å². The predicted octanol–water partition coefficient (Wildman–Crippen LogP) is 1.68. The molecule has 98 valence electrons. The molecule has 0 aliphatic heterocycles. The topological polar surface area (TPSA) is 54.2 Å². The molecular weight excluding hydrogens is 216 g/mol. The summed E-state index contributed by atoms with van der Waals surface area (Å²) < 4.78 is 1.92. The fourth-order valence-corrected chi connectivity index (χ4v) is 2.17. The standard InChI is InChI=1S/C12H24N4O/c1-4-7-16-12(10-13-14-16)15(8-9-17)11(5-2)6-3/h10-11,17H,4-9H2,1-3H3. The molecule has 0 radical (unpaired) electrons. The Balaban J connectivity index is 2.91. The zero-order valence-electron chi connectivity index (χ0n) is 11.1. The second-order valence-electron chi connectivity index (χ2n) is 4.20. The Kier molecular flexibility index (Phi) is 5.97. The third kappa shape index (κ3) is 3.43. The first-order chi connectivity index (χ1) is 8.28. The quantitative estimate of drug-likeness (QED) is 0.751. The maximum absolute atomic E-state index is 9.20. The zero-order valence-corrected chi connectivity index (χ0v) is 11.1. The molecule has 0 spiro atoms. The molecule has 5 nitrogen and oxygen atoms in total. The van der Waals surface area contributed by atoms with Crippen molar-refractivity contribution in [1.82, 2.24) is 15.0 Å². The highest BCUT2D eigenvalue weighted by molar-refractivity contribution is 5.37. The second kappa shape index (κ2) is 7.27. The normalized spacial score (nSPS) is 11.1. The van der Waals surface area contributed by atoms with E-state index in [1.165, 1.54) is 0 Å². The van der Waals surface area contributed by atoms with E-state index in [1.807, 2.05) is 4.68 Å². The van der Waals surface area contributed by atoms with Gasteiger partial charge in [0.2, 0.25) is 0 Å². The molecule has 0 aromatic carbocycles. The minimum absolute atomic E-state index is 0.161. The molecule has 1 N–H and O–H groups in total. The number of aliphatic hydroxyl groups excluding tert-OH is 1. The molecule has 1 aromatic heterocycles. The summed E-state index contributed by atoms with van der Waals surface area (Å²) in [5.41, 5.74) is 0. The van der Waals surface area contributed by atoms with Crippen LogP contribution in [-0.4, -0.2) is 39.3 Å². The van der Waals surface area contributed by atoms with Crippen LogP contribution in [0.2, 0.25) is 0 Å². The average Bonchev–Trinajstić information content (AvgIpc) is 2.78. The van der Waals surface area contributed by atoms with E-state index >= 15 is 0 Å². The number of anilines is 1. The number of nitrogens with zero attached hydrogens (tertiary/aromatic N) is 4. The monoisotopic (exact) mass is 240 g/mol. The van der Waals surface area contributed by atoms with Gasteiger partial charge in [0.15, 0.2) is 0 Å². The molecule has 0 aliphatic carbocycles. The summed E-state index contributed by atoms with van der Waals surface area (Å²) in [5, 5.41) is 17.3. The van der Waals surface area contributed by atoms with E-state index in [2.05, 4.69) is 36.0 Å². The van der Waals surface area contributed by atoms with Crippen LogP contribution in [0.3, 0.4) is 0 Å². The van der Waals surface area contributed by atoms with Gasteiger partial charge >= 0.3 is 0 Å². The van der Waals surface area contributed by atoms with E-state index in [1.54, 1.807) is 6.20 Å². The average molecular weight is 240 g/mol. The van der Waals surface area contributed by atoms with Gasteiger partial charge in [-0.3, -0.25) is 0 Å². The van der Waals surface area contributed by atoms with Gasteiger partial charge < -0.3 is 10.0 Å². The zero-order chi connectivity index (χ0) is 12.7. The lowest BCUT2D eigenvalue weighted by Gasteiger charge is -2.31. The van der Waals surface area contributed by atoms with Crippen LogP contribution >= 0.6 is 0 Å². The van der Waals surface area contributed by atoms with Gasteiger partial charge in [0.25, 0.3) is 0 Å². The maximum Gasteiger partial charge on any atom is 0.147 e. The summed E-state index contributed by atoms with van der Waals surface area (Å²) in [6.45, 7) is 8.15. The summed E-state index contributed by atoms with van der Waals surface area (Å²) in [5.74, 6) is 1.02. The molecule has 0 atom stereocenters. The minimum Gasteiger partial charge on any atom is -0.395 e.